The average molecular weight is 346 g/mol. The van der Waals surface area contributed by atoms with Crippen LogP contribution in [0.3, 0.4) is 0 Å². The predicted octanol–water partition coefficient (Wildman–Crippen LogP) is 4.46. The molecule has 0 bridgehead atoms. The molecule has 2 aromatic carbocycles. The molecule has 3 aromatic rings. The van der Waals surface area contributed by atoms with E-state index in [0.29, 0.717) is 17.2 Å². The maximum Gasteiger partial charge on any atom is 0.258 e. The van der Waals surface area contributed by atoms with E-state index < -0.39 is 0 Å². The van der Waals surface area contributed by atoms with Crippen LogP contribution in [-0.2, 0) is 0 Å². The maximum absolute atomic E-state index is 12.2. The topological polar surface area (TPSA) is 51.5 Å². The van der Waals surface area contributed by atoms with Crippen molar-refractivity contribution in [2.45, 2.75) is 0 Å². The van der Waals surface area contributed by atoms with Gasteiger partial charge in [-0.2, -0.15) is 0 Å². The Morgan fingerprint density at radius 1 is 1.14 bits per heavy atom. The standard InChI is InChI=1S/C16H12BrNO3/c1-20-11-8-6-10(7-9-11)15(19)18-16-14(17)12-4-2-3-5-13(12)21-16/h2-9H,1H3,(H,18,19). The summed E-state index contributed by atoms with van der Waals surface area (Å²) in [6.45, 7) is 0. The van der Waals surface area contributed by atoms with Gasteiger partial charge in [0.2, 0.25) is 5.88 Å². The zero-order valence-electron chi connectivity index (χ0n) is 11.2. The van der Waals surface area contributed by atoms with E-state index in [1.807, 2.05) is 24.3 Å². The Kier molecular flexibility index (Phi) is 3.66. The summed E-state index contributed by atoms with van der Waals surface area (Å²) in [5.41, 5.74) is 1.25. The molecule has 1 aromatic heterocycles. The molecule has 21 heavy (non-hydrogen) atoms. The highest BCUT2D eigenvalue weighted by Gasteiger charge is 2.15. The Morgan fingerprint density at radius 3 is 2.52 bits per heavy atom. The first-order chi connectivity index (χ1) is 10.2. The molecule has 0 aliphatic rings. The summed E-state index contributed by atoms with van der Waals surface area (Å²) in [4.78, 5) is 12.2. The molecular weight excluding hydrogens is 334 g/mol. The van der Waals surface area contributed by atoms with Crippen LogP contribution in [-0.4, -0.2) is 13.0 Å². The van der Waals surface area contributed by atoms with Gasteiger partial charge < -0.3 is 9.15 Å². The summed E-state index contributed by atoms with van der Waals surface area (Å²) in [7, 11) is 1.58. The first-order valence-electron chi connectivity index (χ1n) is 6.31. The summed E-state index contributed by atoms with van der Waals surface area (Å²) in [6, 6.07) is 14.4. The molecule has 0 aliphatic carbocycles. The highest BCUT2D eigenvalue weighted by Crippen LogP contribution is 2.34. The van der Waals surface area contributed by atoms with Gasteiger partial charge in [0.1, 0.15) is 11.3 Å². The van der Waals surface area contributed by atoms with E-state index in [2.05, 4.69) is 21.2 Å². The Balaban J connectivity index is 1.87. The van der Waals surface area contributed by atoms with Crippen LogP contribution in [0, 0.1) is 0 Å². The van der Waals surface area contributed by atoms with Gasteiger partial charge in [-0.05, 0) is 52.3 Å². The van der Waals surface area contributed by atoms with Gasteiger partial charge in [0, 0.05) is 10.9 Å². The lowest BCUT2D eigenvalue weighted by atomic mass is 10.2. The second kappa shape index (κ2) is 5.61. The van der Waals surface area contributed by atoms with Crippen molar-refractivity contribution >= 4 is 38.7 Å². The monoisotopic (exact) mass is 345 g/mol. The number of carbonyl (C=O) groups excluding carboxylic acids is 1. The number of methoxy groups -OCH3 is 1. The van der Waals surface area contributed by atoms with Crippen molar-refractivity contribution in [2.24, 2.45) is 0 Å². The number of anilines is 1. The van der Waals surface area contributed by atoms with Crippen LogP contribution in [0.1, 0.15) is 10.4 Å². The van der Waals surface area contributed by atoms with E-state index in [1.54, 1.807) is 31.4 Å². The van der Waals surface area contributed by atoms with Gasteiger partial charge in [0.25, 0.3) is 5.91 Å². The molecule has 1 amide bonds. The number of fused-ring (bicyclic) bond motifs is 1. The largest absolute Gasteiger partial charge is 0.497 e. The van der Waals surface area contributed by atoms with Crippen molar-refractivity contribution in [2.75, 3.05) is 12.4 Å². The summed E-state index contributed by atoms with van der Waals surface area (Å²) in [6.07, 6.45) is 0. The number of nitrogens with one attached hydrogen (secondary N) is 1. The van der Waals surface area contributed by atoms with Gasteiger partial charge in [-0.3, -0.25) is 10.1 Å². The maximum atomic E-state index is 12.2. The molecule has 4 nitrogen and oxygen atoms in total. The van der Waals surface area contributed by atoms with E-state index >= 15 is 0 Å². The number of para-hydroxylation sites is 1. The Bertz CT molecular complexity index is 793. The predicted molar refractivity (Wildman–Crippen MR) is 84.9 cm³/mol. The first kappa shape index (κ1) is 13.7. The third kappa shape index (κ3) is 2.64. The Hall–Kier alpha value is -2.27. The second-order valence-electron chi connectivity index (χ2n) is 4.42. The third-order valence-electron chi connectivity index (χ3n) is 3.11. The average Bonchev–Trinajstić information content (AvgIpc) is 2.84. The fraction of sp³-hybridized carbons (Fsp3) is 0.0625. The number of hydrogen-bond acceptors (Lipinski definition) is 3. The van der Waals surface area contributed by atoms with E-state index in [0.717, 1.165) is 15.4 Å². The first-order valence-corrected chi connectivity index (χ1v) is 7.11. The van der Waals surface area contributed by atoms with Gasteiger partial charge in [0.15, 0.2) is 0 Å². The van der Waals surface area contributed by atoms with Crippen molar-refractivity contribution in [1.29, 1.82) is 0 Å². The van der Waals surface area contributed by atoms with Crippen LogP contribution in [0.4, 0.5) is 5.88 Å². The normalized spacial score (nSPS) is 10.6. The molecule has 5 heteroatoms. The van der Waals surface area contributed by atoms with Crippen LogP contribution in [0.5, 0.6) is 5.75 Å². The number of amides is 1. The van der Waals surface area contributed by atoms with Gasteiger partial charge in [-0.1, -0.05) is 12.1 Å². The molecule has 0 atom stereocenters. The van der Waals surface area contributed by atoms with E-state index in [9.17, 15) is 4.79 Å². The molecule has 0 spiro atoms. The molecule has 3 rings (SSSR count). The van der Waals surface area contributed by atoms with Crippen LogP contribution in [0.2, 0.25) is 0 Å². The van der Waals surface area contributed by atoms with Crippen molar-refractivity contribution in [3.05, 3.63) is 58.6 Å². The zero-order valence-corrected chi connectivity index (χ0v) is 12.8. The number of carbonyl (C=O) groups is 1. The minimum atomic E-state index is -0.239. The van der Waals surface area contributed by atoms with Crippen molar-refractivity contribution in [1.82, 2.24) is 0 Å². The molecule has 0 aliphatic heterocycles. The fourth-order valence-electron chi connectivity index (χ4n) is 2.01. The summed E-state index contributed by atoms with van der Waals surface area (Å²) < 4.78 is 11.4. The number of ether oxygens (including phenoxy) is 1. The van der Waals surface area contributed by atoms with Crippen LogP contribution in [0.15, 0.2) is 57.4 Å². The van der Waals surface area contributed by atoms with Crippen molar-refractivity contribution < 1.29 is 13.9 Å². The van der Waals surface area contributed by atoms with Gasteiger partial charge in [-0.15, -0.1) is 0 Å². The minimum absolute atomic E-state index is 0.239. The molecule has 1 heterocycles. The molecule has 0 fully saturated rings. The quantitative estimate of drug-likeness (QED) is 0.762. The number of halogens is 1. The lowest BCUT2D eigenvalue weighted by Crippen LogP contribution is -2.11. The molecule has 0 saturated carbocycles. The van der Waals surface area contributed by atoms with E-state index in [4.69, 9.17) is 9.15 Å². The molecule has 0 unspecified atom stereocenters. The van der Waals surface area contributed by atoms with Crippen molar-refractivity contribution in [3.63, 3.8) is 0 Å². The second-order valence-corrected chi connectivity index (χ2v) is 5.22. The van der Waals surface area contributed by atoms with E-state index in [-0.39, 0.29) is 5.91 Å². The van der Waals surface area contributed by atoms with Gasteiger partial charge in [-0.25, -0.2) is 0 Å². The van der Waals surface area contributed by atoms with Crippen LogP contribution in [0.25, 0.3) is 11.0 Å². The third-order valence-corrected chi connectivity index (χ3v) is 3.90. The molecule has 1 N–H and O–H groups in total. The molecule has 0 saturated heterocycles. The SMILES string of the molecule is COc1ccc(C(=O)Nc2oc3ccccc3c2Br)cc1. The Morgan fingerprint density at radius 2 is 1.86 bits per heavy atom. The van der Waals surface area contributed by atoms with Crippen molar-refractivity contribution in [3.8, 4) is 5.75 Å². The summed E-state index contributed by atoms with van der Waals surface area (Å²) >= 11 is 3.45. The highest BCUT2D eigenvalue weighted by atomic mass is 79.9. The lowest BCUT2D eigenvalue weighted by molar-refractivity contribution is 0.102. The number of benzene rings is 2. The molecular formula is C16H12BrNO3. The minimum Gasteiger partial charge on any atom is -0.497 e. The summed E-state index contributed by atoms with van der Waals surface area (Å²) in [5, 5.41) is 3.68. The highest BCUT2D eigenvalue weighted by molar-refractivity contribution is 9.10. The Labute approximate surface area is 129 Å². The van der Waals surface area contributed by atoms with E-state index in [1.165, 1.54) is 0 Å². The number of hydrogen-bond donors (Lipinski definition) is 1. The molecule has 0 radical (unpaired) electrons. The van der Waals surface area contributed by atoms with Crippen LogP contribution < -0.4 is 10.1 Å². The van der Waals surface area contributed by atoms with Gasteiger partial charge >= 0.3 is 0 Å². The van der Waals surface area contributed by atoms with Crippen LogP contribution >= 0.6 is 15.9 Å². The smallest absolute Gasteiger partial charge is 0.258 e. The lowest BCUT2D eigenvalue weighted by Gasteiger charge is -2.04. The summed E-state index contributed by atoms with van der Waals surface area (Å²) in [5.74, 6) is 0.867. The number of rotatable bonds is 3. The fourth-order valence-corrected chi connectivity index (χ4v) is 2.52. The zero-order chi connectivity index (χ0) is 14.8. The molecule has 106 valence electrons. The van der Waals surface area contributed by atoms with Gasteiger partial charge in [0.05, 0.1) is 11.6 Å². The number of furan rings is 1.